The van der Waals surface area contributed by atoms with Gasteiger partial charge in [-0.3, -0.25) is 9.48 Å². The number of primary amides is 1. The Bertz CT molecular complexity index is 683. The molecule has 6 heteroatoms. The topological polar surface area (TPSA) is 82.2 Å². The van der Waals surface area contributed by atoms with Gasteiger partial charge >= 0.3 is 0 Å². The van der Waals surface area contributed by atoms with Crippen LogP contribution in [0.5, 0.6) is 0 Å². The second kappa shape index (κ2) is 6.93. The Labute approximate surface area is 135 Å². The molecule has 122 valence electrons. The summed E-state index contributed by atoms with van der Waals surface area (Å²) in [6.07, 6.45) is 5.03. The maximum absolute atomic E-state index is 11.2. The first-order valence-electron chi connectivity index (χ1n) is 7.83. The van der Waals surface area contributed by atoms with Gasteiger partial charge in [-0.1, -0.05) is 12.1 Å². The molecule has 3 rings (SSSR count). The minimum absolute atomic E-state index is 0.105. The second-order valence-corrected chi connectivity index (χ2v) is 5.98. The summed E-state index contributed by atoms with van der Waals surface area (Å²) >= 11 is 0. The van der Waals surface area contributed by atoms with Crippen LogP contribution in [0.2, 0.25) is 0 Å². The van der Waals surface area contributed by atoms with Gasteiger partial charge in [-0.25, -0.2) is 0 Å². The molecule has 23 heavy (non-hydrogen) atoms. The van der Waals surface area contributed by atoms with Crippen molar-refractivity contribution in [2.24, 2.45) is 18.7 Å². The van der Waals surface area contributed by atoms with Crippen molar-refractivity contribution in [2.45, 2.75) is 19.1 Å². The van der Waals surface area contributed by atoms with Gasteiger partial charge < -0.3 is 15.8 Å². The highest BCUT2D eigenvalue weighted by Gasteiger charge is 2.30. The van der Waals surface area contributed by atoms with Gasteiger partial charge in [0.25, 0.3) is 0 Å². The predicted octanol–water partition coefficient (Wildman–Crippen LogP) is 1.39. The molecule has 0 saturated carbocycles. The van der Waals surface area contributed by atoms with Crippen LogP contribution in [-0.4, -0.2) is 28.8 Å². The number of hydrogen-bond donors (Lipinski definition) is 2. The van der Waals surface area contributed by atoms with E-state index in [0.717, 1.165) is 30.7 Å². The van der Waals surface area contributed by atoms with Crippen molar-refractivity contribution in [3.05, 3.63) is 53.3 Å². The van der Waals surface area contributed by atoms with Gasteiger partial charge in [0, 0.05) is 50.0 Å². The first kappa shape index (κ1) is 15.7. The first-order chi connectivity index (χ1) is 11.1. The van der Waals surface area contributed by atoms with Crippen LogP contribution in [0.1, 0.15) is 34.0 Å². The summed E-state index contributed by atoms with van der Waals surface area (Å²) in [5.74, 6) is 0.0335. The number of ether oxygens (including phenoxy) is 1. The minimum atomic E-state index is -0.396. The van der Waals surface area contributed by atoms with E-state index < -0.39 is 5.91 Å². The quantitative estimate of drug-likeness (QED) is 0.844. The van der Waals surface area contributed by atoms with E-state index in [1.54, 1.807) is 10.7 Å². The summed E-state index contributed by atoms with van der Waals surface area (Å²) in [7, 11) is 1.91. The van der Waals surface area contributed by atoms with Gasteiger partial charge in [-0.05, 0) is 24.1 Å². The molecule has 1 saturated heterocycles. The number of carbonyl (C=O) groups excluding carboxylic acids is 1. The van der Waals surface area contributed by atoms with Gasteiger partial charge in [0.1, 0.15) is 0 Å². The van der Waals surface area contributed by atoms with Crippen molar-refractivity contribution >= 4 is 5.91 Å². The molecule has 3 N–H and O–H groups in total. The molecule has 1 aliphatic rings. The lowest BCUT2D eigenvalue weighted by Crippen LogP contribution is -2.24. The molecule has 1 amide bonds. The third-order valence-corrected chi connectivity index (χ3v) is 4.21. The summed E-state index contributed by atoms with van der Waals surface area (Å²) < 4.78 is 7.67. The largest absolute Gasteiger partial charge is 0.373 e. The fraction of sp³-hybridized carbons (Fsp3) is 0.412. The number of hydrogen-bond acceptors (Lipinski definition) is 4. The van der Waals surface area contributed by atoms with Crippen LogP contribution in [0.4, 0.5) is 0 Å². The van der Waals surface area contributed by atoms with Gasteiger partial charge in [0.15, 0.2) is 0 Å². The average molecular weight is 314 g/mol. The molecule has 1 aliphatic heterocycles. The third kappa shape index (κ3) is 3.78. The number of rotatable bonds is 6. The highest BCUT2D eigenvalue weighted by Crippen LogP contribution is 2.33. The van der Waals surface area contributed by atoms with E-state index in [0.29, 0.717) is 18.0 Å². The molecule has 1 aromatic carbocycles. The maximum Gasteiger partial charge on any atom is 0.248 e. The summed E-state index contributed by atoms with van der Waals surface area (Å²) in [5.41, 5.74) is 8.04. The van der Waals surface area contributed by atoms with E-state index in [2.05, 4.69) is 10.4 Å². The molecular weight excluding hydrogens is 292 g/mol. The fourth-order valence-corrected chi connectivity index (χ4v) is 3.03. The number of nitrogens with two attached hydrogens (primary N) is 1. The molecule has 0 spiro atoms. The monoisotopic (exact) mass is 314 g/mol. The molecule has 1 aromatic heterocycles. The van der Waals surface area contributed by atoms with Crippen LogP contribution < -0.4 is 11.1 Å². The standard InChI is InChI=1S/C17H22N4O2/c1-21-11-15(10-20-21)16-14(5-6-23-16)9-19-8-12-3-2-4-13(7-12)17(18)22/h2-4,7,10-11,14,16,19H,5-6,8-9H2,1H3,(H2,18,22)/t14-,16-/m0/s1. The number of carbonyl (C=O) groups is 1. The highest BCUT2D eigenvalue weighted by atomic mass is 16.5. The molecule has 0 bridgehead atoms. The van der Waals surface area contributed by atoms with E-state index in [1.165, 1.54) is 0 Å². The Hall–Kier alpha value is -2.18. The summed E-state index contributed by atoms with van der Waals surface area (Å²) in [5, 5.41) is 7.68. The van der Waals surface area contributed by atoms with E-state index in [-0.39, 0.29) is 6.10 Å². The molecular formula is C17H22N4O2. The molecule has 0 aliphatic carbocycles. The Morgan fingerprint density at radius 1 is 1.52 bits per heavy atom. The van der Waals surface area contributed by atoms with Gasteiger partial charge in [0.2, 0.25) is 5.91 Å². The van der Waals surface area contributed by atoms with E-state index in [9.17, 15) is 4.79 Å². The highest BCUT2D eigenvalue weighted by molar-refractivity contribution is 5.92. The van der Waals surface area contributed by atoms with Gasteiger partial charge in [0.05, 0.1) is 12.3 Å². The lowest BCUT2D eigenvalue weighted by molar-refractivity contribution is 0.0904. The van der Waals surface area contributed by atoms with Crippen LogP contribution in [0.3, 0.4) is 0 Å². The normalized spacial score (nSPS) is 20.7. The smallest absolute Gasteiger partial charge is 0.248 e. The van der Waals surface area contributed by atoms with Crippen molar-refractivity contribution in [1.29, 1.82) is 0 Å². The summed E-state index contributed by atoms with van der Waals surface area (Å²) in [4.78, 5) is 11.2. The number of aromatic nitrogens is 2. The average Bonchev–Trinajstić information content (AvgIpc) is 3.16. The van der Waals surface area contributed by atoms with Crippen molar-refractivity contribution in [3.63, 3.8) is 0 Å². The Kier molecular flexibility index (Phi) is 4.73. The number of nitrogens with one attached hydrogen (secondary N) is 1. The Balaban J connectivity index is 1.55. The van der Waals surface area contributed by atoms with Crippen LogP contribution in [-0.2, 0) is 18.3 Å². The SMILES string of the molecule is Cn1cc([C@H]2OCC[C@H]2CNCc2cccc(C(N)=O)c2)cn1. The molecule has 2 heterocycles. The summed E-state index contributed by atoms with van der Waals surface area (Å²) in [6, 6.07) is 7.41. The molecule has 2 atom stereocenters. The van der Waals surface area contributed by atoms with Crippen LogP contribution in [0.25, 0.3) is 0 Å². The van der Waals surface area contributed by atoms with Crippen LogP contribution in [0.15, 0.2) is 36.7 Å². The third-order valence-electron chi connectivity index (χ3n) is 4.21. The number of nitrogens with zero attached hydrogens (tertiary/aromatic N) is 2. The maximum atomic E-state index is 11.2. The molecule has 6 nitrogen and oxygen atoms in total. The summed E-state index contributed by atoms with van der Waals surface area (Å²) in [6.45, 7) is 2.35. The molecule has 0 unspecified atom stereocenters. The van der Waals surface area contributed by atoms with Crippen molar-refractivity contribution < 1.29 is 9.53 Å². The zero-order chi connectivity index (χ0) is 16.2. The lowest BCUT2D eigenvalue weighted by atomic mass is 9.97. The van der Waals surface area contributed by atoms with Crippen LogP contribution >= 0.6 is 0 Å². The zero-order valence-corrected chi connectivity index (χ0v) is 13.2. The molecule has 1 fully saturated rings. The zero-order valence-electron chi connectivity index (χ0n) is 13.2. The van der Waals surface area contributed by atoms with E-state index in [4.69, 9.17) is 10.5 Å². The second-order valence-electron chi connectivity index (χ2n) is 5.98. The number of amides is 1. The predicted molar refractivity (Wildman–Crippen MR) is 86.7 cm³/mol. The van der Waals surface area contributed by atoms with Crippen molar-refractivity contribution in [2.75, 3.05) is 13.2 Å². The van der Waals surface area contributed by atoms with Gasteiger partial charge in [-0.15, -0.1) is 0 Å². The van der Waals surface area contributed by atoms with Gasteiger partial charge in [-0.2, -0.15) is 5.10 Å². The molecule has 2 aromatic rings. The number of benzene rings is 1. The Morgan fingerprint density at radius 3 is 3.13 bits per heavy atom. The van der Waals surface area contributed by atoms with Crippen molar-refractivity contribution in [3.8, 4) is 0 Å². The fourth-order valence-electron chi connectivity index (χ4n) is 3.03. The van der Waals surface area contributed by atoms with E-state index in [1.807, 2.05) is 37.6 Å². The first-order valence-corrected chi connectivity index (χ1v) is 7.83. The Morgan fingerprint density at radius 2 is 2.39 bits per heavy atom. The van der Waals surface area contributed by atoms with Crippen molar-refractivity contribution in [1.82, 2.24) is 15.1 Å². The molecule has 0 radical (unpaired) electrons. The lowest BCUT2D eigenvalue weighted by Gasteiger charge is -2.18. The number of aryl methyl sites for hydroxylation is 1. The van der Waals surface area contributed by atoms with Crippen LogP contribution in [0, 0.1) is 5.92 Å². The van der Waals surface area contributed by atoms with E-state index >= 15 is 0 Å². The minimum Gasteiger partial charge on any atom is -0.373 e.